The van der Waals surface area contributed by atoms with Gasteiger partial charge in [0.2, 0.25) is 17.7 Å². The molecule has 0 heterocycles. The van der Waals surface area contributed by atoms with Crippen molar-refractivity contribution in [3.05, 3.63) is 0 Å². The molecule has 0 aromatic heterocycles. The monoisotopic (exact) mass is 825 g/mol. The number of carbonyl (C=O) groups excluding carboxylic acids is 4. The number of carboxylic acid groups (broad SMARTS) is 1. The van der Waals surface area contributed by atoms with Crippen molar-refractivity contribution in [2.24, 2.45) is 11.3 Å². The molecule has 3 amide bonds. The van der Waals surface area contributed by atoms with Gasteiger partial charge in [0.25, 0.3) is 0 Å². The number of unbranched alkanes of at least 4 members (excludes halogenated alkanes) is 10. The lowest BCUT2D eigenvalue weighted by Gasteiger charge is -2.26. The van der Waals surface area contributed by atoms with Gasteiger partial charge in [0.05, 0.1) is 36.8 Å². The van der Waals surface area contributed by atoms with E-state index in [1.807, 2.05) is 43.4 Å². The van der Waals surface area contributed by atoms with Gasteiger partial charge in [-0.15, -0.1) is 0 Å². The van der Waals surface area contributed by atoms with Crippen LogP contribution in [0.15, 0.2) is 0 Å². The summed E-state index contributed by atoms with van der Waals surface area (Å²) in [5, 5.41) is 17.7. The Labute approximate surface area is 315 Å². The highest BCUT2D eigenvalue weighted by Crippen LogP contribution is 2.30. The van der Waals surface area contributed by atoms with Gasteiger partial charge in [0, 0.05) is 25.9 Å². The molecule has 0 radical (unpaired) electrons. The largest absolute Gasteiger partial charge is 0.481 e. The summed E-state index contributed by atoms with van der Waals surface area (Å²) in [7, 11) is 0. The number of esters is 1. The Morgan fingerprint density at radius 1 is 0.620 bits per heavy atom. The quantitative estimate of drug-likeness (QED) is 0.0289. The van der Waals surface area contributed by atoms with Crippen molar-refractivity contribution in [1.29, 1.82) is 0 Å². The summed E-state index contributed by atoms with van der Waals surface area (Å²) in [6, 6.07) is -0.903. The topological polar surface area (TPSA) is 169 Å². The van der Waals surface area contributed by atoms with Crippen LogP contribution in [0.5, 0.6) is 0 Å². The van der Waals surface area contributed by atoms with Crippen LogP contribution in [0.3, 0.4) is 0 Å². The van der Waals surface area contributed by atoms with Gasteiger partial charge in [0.15, 0.2) is 0 Å². The average Bonchev–Trinajstić information content (AvgIpc) is 3.02. The van der Waals surface area contributed by atoms with E-state index in [2.05, 4.69) is 16.0 Å². The first-order chi connectivity index (χ1) is 23.6. The van der Waals surface area contributed by atoms with Crippen LogP contribution in [0.2, 0.25) is 0 Å². The van der Waals surface area contributed by atoms with Crippen molar-refractivity contribution >= 4 is 52.3 Å². The summed E-state index contributed by atoms with van der Waals surface area (Å²) in [6.45, 7) is 13.5. The number of aliphatic carboxylic acids is 1. The van der Waals surface area contributed by atoms with E-state index in [0.717, 1.165) is 51.4 Å². The Morgan fingerprint density at radius 3 is 1.56 bits per heavy atom. The number of carbonyl (C=O) groups is 5. The van der Waals surface area contributed by atoms with E-state index in [9.17, 15) is 29.1 Å². The van der Waals surface area contributed by atoms with Crippen LogP contribution >= 0.6 is 22.6 Å². The highest BCUT2D eigenvalue weighted by molar-refractivity contribution is 14.1. The molecule has 4 N–H and O–H groups in total. The molecule has 0 aromatic carbocycles. The molecule has 292 valence electrons. The van der Waals surface area contributed by atoms with E-state index in [0.29, 0.717) is 50.4 Å². The summed E-state index contributed by atoms with van der Waals surface area (Å²) >= 11 is 1.99. The molecule has 0 fully saturated rings. The predicted molar refractivity (Wildman–Crippen MR) is 204 cm³/mol. The highest BCUT2D eigenvalue weighted by atomic mass is 127. The molecule has 0 aliphatic rings. The standard InChI is InChI=1S/C37H68IN3O9/c1-36(2,3)29(34(45)46)18-16-14-12-10-8-7-9-11-13-15-17-19-32(43)41-30(35(47)50-37(4,5)6)20-21-31(42)39-22-24-48-26-27-49-25-23-40-33(44)28-38/h29-30H,7-28H2,1-6H3,(H,39,42)(H,40,44)(H,41,43)(H,45,46). The lowest BCUT2D eigenvalue weighted by molar-refractivity contribution is -0.159. The number of alkyl halides is 1. The average molecular weight is 826 g/mol. The molecule has 2 atom stereocenters. The SMILES string of the molecule is CC(C)(C)OC(=O)C(CCC(=O)NCCOCCOCCNC(=O)CI)NC(=O)CCCCCCCCCCCCCC(C(=O)O)C(C)(C)C. The zero-order valence-electron chi connectivity index (χ0n) is 31.8. The van der Waals surface area contributed by atoms with Crippen molar-refractivity contribution in [2.45, 2.75) is 149 Å². The van der Waals surface area contributed by atoms with Gasteiger partial charge in [-0.05, 0) is 45.4 Å². The van der Waals surface area contributed by atoms with Crippen molar-refractivity contribution in [3.8, 4) is 0 Å². The highest BCUT2D eigenvalue weighted by Gasteiger charge is 2.30. The van der Waals surface area contributed by atoms with E-state index in [4.69, 9.17) is 14.2 Å². The van der Waals surface area contributed by atoms with Gasteiger partial charge in [-0.25, -0.2) is 4.79 Å². The molecular weight excluding hydrogens is 757 g/mol. The van der Waals surface area contributed by atoms with Crippen molar-refractivity contribution in [2.75, 3.05) is 43.9 Å². The number of nitrogens with one attached hydrogen (secondary N) is 3. The Balaban J connectivity index is 4.14. The molecule has 50 heavy (non-hydrogen) atoms. The maximum atomic E-state index is 12.8. The summed E-state index contributed by atoms with van der Waals surface area (Å²) in [4.78, 5) is 60.5. The first kappa shape index (κ1) is 48.0. The van der Waals surface area contributed by atoms with Crippen LogP contribution in [0.25, 0.3) is 0 Å². The first-order valence-electron chi connectivity index (χ1n) is 18.6. The van der Waals surface area contributed by atoms with Crippen LogP contribution in [0.1, 0.15) is 138 Å². The van der Waals surface area contributed by atoms with Crippen molar-refractivity contribution < 1.29 is 43.3 Å². The molecule has 0 spiro atoms. The van der Waals surface area contributed by atoms with E-state index < -0.39 is 23.6 Å². The maximum absolute atomic E-state index is 12.8. The fourth-order valence-electron chi connectivity index (χ4n) is 5.30. The van der Waals surface area contributed by atoms with E-state index in [1.165, 1.54) is 25.7 Å². The Morgan fingerprint density at radius 2 is 1.10 bits per heavy atom. The number of hydrogen-bond acceptors (Lipinski definition) is 8. The molecule has 0 bridgehead atoms. The fourth-order valence-corrected chi connectivity index (χ4v) is 5.57. The number of ether oxygens (including phenoxy) is 3. The zero-order chi connectivity index (χ0) is 37.8. The van der Waals surface area contributed by atoms with Crippen LogP contribution in [0, 0.1) is 11.3 Å². The molecule has 0 aliphatic carbocycles. The molecule has 0 rings (SSSR count). The lowest BCUT2D eigenvalue weighted by Crippen LogP contribution is -2.44. The predicted octanol–water partition coefficient (Wildman–Crippen LogP) is 6.11. The third-order valence-corrected chi connectivity index (χ3v) is 8.75. The van der Waals surface area contributed by atoms with Crippen LogP contribution in [-0.4, -0.2) is 90.4 Å². The maximum Gasteiger partial charge on any atom is 0.329 e. The van der Waals surface area contributed by atoms with Gasteiger partial charge in [0.1, 0.15) is 11.6 Å². The van der Waals surface area contributed by atoms with Crippen LogP contribution < -0.4 is 16.0 Å². The number of halogens is 1. The molecule has 12 nitrogen and oxygen atoms in total. The molecule has 0 saturated carbocycles. The Bertz CT molecular complexity index is 967. The van der Waals surface area contributed by atoms with Gasteiger partial charge in [-0.1, -0.05) is 108 Å². The molecule has 0 saturated heterocycles. The molecule has 2 unspecified atom stereocenters. The van der Waals surface area contributed by atoms with Crippen LogP contribution in [0.4, 0.5) is 0 Å². The summed E-state index contributed by atoms with van der Waals surface area (Å²) in [5.74, 6) is -2.02. The van der Waals surface area contributed by atoms with E-state index in [-0.39, 0.29) is 41.9 Å². The number of rotatable bonds is 30. The number of hydrogen-bond donors (Lipinski definition) is 4. The third kappa shape index (κ3) is 28.7. The third-order valence-electron chi connectivity index (χ3n) is 8.06. The molecule has 13 heteroatoms. The molecule has 0 aliphatic heterocycles. The number of carboxylic acids is 1. The van der Waals surface area contributed by atoms with E-state index in [1.54, 1.807) is 20.8 Å². The van der Waals surface area contributed by atoms with Gasteiger partial charge in [-0.2, -0.15) is 0 Å². The van der Waals surface area contributed by atoms with Gasteiger partial charge in [-0.3, -0.25) is 19.2 Å². The fraction of sp³-hybridized carbons (Fsp3) is 0.865. The van der Waals surface area contributed by atoms with Gasteiger partial charge >= 0.3 is 11.9 Å². The normalized spacial score (nSPS) is 12.9. The summed E-state index contributed by atoms with van der Waals surface area (Å²) in [6.07, 6.45) is 13.0. The summed E-state index contributed by atoms with van der Waals surface area (Å²) < 4.78 is 16.7. The second-order valence-electron chi connectivity index (χ2n) is 14.9. The van der Waals surface area contributed by atoms with Crippen molar-refractivity contribution in [3.63, 3.8) is 0 Å². The molecule has 0 aromatic rings. The Kier molecular flexibility index (Phi) is 27.4. The minimum atomic E-state index is -0.903. The van der Waals surface area contributed by atoms with Gasteiger partial charge < -0.3 is 35.3 Å². The Hall–Kier alpha value is -2.00. The second-order valence-corrected chi connectivity index (χ2v) is 15.7. The van der Waals surface area contributed by atoms with Crippen molar-refractivity contribution in [1.82, 2.24) is 16.0 Å². The first-order valence-corrected chi connectivity index (χ1v) is 20.1. The smallest absolute Gasteiger partial charge is 0.329 e. The summed E-state index contributed by atoms with van der Waals surface area (Å²) in [5.41, 5.74) is -0.922. The minimum absolute atomic E-state index is 0.0311. The second kappa shape index (κ2) is 28.6. The lowest BCUT2D eigenvalue weighted by atomic mass is 9.78. The molecular formula is C37H68IN3O9. The number of amides is 3. The van der Waals surface area contributed by atoms with E-state index >= 15 is 0 Å². The minimum Gasteiger partial charge on any atom is -0.481 e. The van der Waals surface area contributed by atoms with Crippen LogP contribution in [-0.2, 0) is 38.2 Å². The zero-order valence-corrected chi connectivity index (χ0v) is 34.0.